The van der Waals surface area contributed by atoms with Crippen LogP contribution in [0.3, 0.4) is 0 Å². The van der Waals surface area contributed by atoms with Gasteiger partial charge in [-0.15, -0.1) is 0 Å². The van der Waals surface area contributed by atoms with Gasteiger partial charge in [0, 0.05) is 24.6 Å². The van der Waals surface area contributed by atoms with Crippen LogP contribution in [-0.2, 0) is 6.42 Å². The second-order valence-electron chi connectivity index (χ2n) is 8.53. The number of hydrogen-bond donors (Lipinski definition) is 0. The lowest BCUT2D eigenvalue weighted by molar-refractivity contribution is 0.263. The zero-order valence-corrected chi connectivity index (χ0v) is 17.2. The Labute approximate surface area is 174 Å². The van der Waals surface area contributed by atoms with E-state index in [9.17, 15) is 0 Å². The van der Waals surface area contributed by atoms with E-state index in [1.165, 1.54) is 62.0 Å². The summed E-state index contributed by atoms with van der Waals surface area (Å²) in [5.41, 5.74) is 5.23. The summed E-state index contributed by atoms with van der Waals surface area (Å²) < 4.78 is 5.96. The van der Waals surface area contributed by atoms with E-state index in [2.05, 4.69) is 58.4 Å². The van der Waals surface area contributed by atoms with Crippen molar-refractivity contribution in [1.82, 2.24) is 4.90 Å². The summed E-state index contributed by atoms with van der Waals surface area (Å²) in [6, 6.07) is 17.2. The molecule has 0 N–H and O–H groups in total. The molecule has 1 aliphatic carbocycles. The molecular formula is C25H31N3O. The lowest BCUT2D eigenvalue weighted by atomic mass is 9.80. The number of nitrogens with zero attached hydrogens (tertiary/aromatic N) is 3. The molecule has 0 radical (unpaired) electrons. The fraction of sp³-hybridized carbons (Fsp3) is 0.480. The van der Waals surface area contributed by atoms with Gasteiger partial charge in [-0.2, -0.15) is 5.10 Å². The summed E-state index contributed by atoms with van der Waals surface area (Å²) in [4.78, 5) is 2.54. The SMILES string of the molecule is c1ccc2c(c1)CCC1CCN(c3ccc(OCCCN4CCCC4)cc3)N=C21. The number of hydrogen-bond acceptors (Lipinski definition) is 4. The molecule has 0 bridgehead atoms. The molecular weight excluding hydrogens is 358 g/mol. The van der Waals surface area contributed by atoms with Gasteiger partial charge in [0.05, 0.1) is 18.0 Å². The normalized spacial score (nSPS) is 21.4. The summed E-state index contributed by atoms with van der Waals surface area (Å²) in [6.07, 6.45) is 7.41. The van der Waals surface area contributed by atoms with Crippen molar-refractivity contribution in [3.8, 4) is 5.75 Å². The van der Waals surface area contributed by atoms with E-state index in [4.69, 9.17) is 9.84 Å². The average Bonchev–Trinajstić information content (AvgIpc) is 3.30. The Hall–Kier alpha value is -2.33. The number of rotatable bonds is 6. The summed E-state index contributed by atoms with van der Waals surface area (Å²) >= 11 is 0. The predicted octanol–water partition coefficient (Wildman–Crippen LogP) is 4.73. The number of anilines is 1. The Kier molecular flexibility index (Phi) is 5.53. The van der Waals surface area contributed by atoms with E-state index in [-0.39, 0.29) is 0 Å². The number of likely N-dealkylation sites (tertiary alicyclic amines) is 1. The molecule has 1 saturated heterocycles. The fourth-order valence-corrected chi connectivity index (χ4v) is 4.93. The molecule has 2 aromatic rings. The Bertz CT molecular complexity index is 855. The van der Waals surface area contributed by atoms with Crippen molar-refractivity contribution >= 4 is 11.4 Å². The zero-order chi connectivity index (χ0) is 19.5. The van der Waals surface area contributed by atoms with E-state index < -0.39 is 0 Å². The molecule has 0 spiro atoms. The highest BCUT2D eigenvalue weighted by Gasteiger charge is 2.29. The highest BCUT2D eigenvalue weighted by Crippen LogP contribution is 2.33. The van der Waals surface area contributed by atoms with Crippen molar-refractivity contribution in [3.63, 3.8) is 0 Å². The largest absolute Gasteiger partial charge is 0.494 e. The van der Waals surface area contributed by atoms with Crippen molar-refractivity contribution in [1.29, 1.82) is 0 Å². The van der Waals surface area contributed by atoms with E-state index in [1.807, 2.05) is 0 Å². The van der Waals surface area contributed by atoms with Crippen LogP contribution in [-0.4, -0.2) is 43.4 Å². The number of hydrazone groups is 1. The molecule has 0 saturated carbocycles. The van der Waals surface area contributed by atoms with Gasteiger partial charge in [-0.05, 0) is 81.4 Å². The summed E-state index contributed by atoms with van der Waals surface area (Å²) in [5.74, 6) is 1.57. The Morgan fingerprint density at radius 1 is 0.931 bits per heavy atom. The second-order valence-corrected chi connectivity index (χ2v) is 8.53. The third-order valence-electron chi connectivity index (χ3n) is 6.58. The smallest absolute Gasteiger partial charge is 0.119 e. The third kappa shape index (κ3) is 4.18. The van der Waals surface area contributed by atoms with Crippen LogP contribution in [0.2, 0.25) is 0 Å². The molecule has 0 amide bonds. The summed E-state index contributed by atoms with van der Waals surface area (Å²) in [6.45, 7) is 5.47. The lowest BCUT2D eigenvalue weighted by Crippen LogP contribution is -2.35. The zero-order valence-electron chi connectivity index (χ0n) is 17.2. The van der Waals surface area contributed by atoms with Crippen molar-refractivity contribution in [3.05, 3.63) is 59.7 Å². The fourth-order valence-electron chi connectivity index (χ4n) is 4.93. The van der Waals surface area contributed by atoms with Crippen LogP contribution in [0.5, 0.6) is 5.75 Å². The van der Waals surface area contributed by atoms with Gasteiger partial charge in [0.15, 0.2) is 0 Å². The molecule has 152 valence electrons. The topological polar surface area (TPSA) is 28.1 Å². The first-order valence-corrected chi connectivity index (χ1v) is 11.3. The van der Waals surface area contributed by atoms with Crippen molar-refractivity contribution < 1.29 is 4.74 Å². The first kappa shape index (κ1) is 18.7. The molecule has 2 aromatic carbocycles. The van der Waals surface area contributed by atoms with E-state index in [0.29, 0.717) is 5.92 Å². The highest BCUT2D eigenvalue weighted by atomic mass is 16.5. The van der Waals surface area contributed by atoms with Gasteiger partial charge < -0.3 is 9.64 Å². The van der Waals surface area contributed by atoms with Gasteiger partial charge in [0.2, 0.25) is 0 Å². The molecule has 1 atom stereocenters. The van der Waals surface area contributed by atoms with Gasteiger partial charge in [-0.25, -0.2) is 0 Å². The second kappa shape index (κ2) is 8.58. The first-order chi connectivity index (χ1) is 14.4. The maximum Gasteiger partial charge on any atom is 0.119 e. The minimum absolute atomic E-state index is 0.611. The Balaban J connectivity index is 1.21. The standard InChI is InChI=1S/C25H31N3O/c1-2-7-24-20(6-1)8-9-21-14-18-28(26-25(21)24)22-10-12-23(13-11-22)29-19-5-17-27-15-3-4-16-27/h1-2,6-7,10-13,21H,3-5,8-9,14-19H2. The van der Waals surface area contributed by atoms with Crippen LogP contribution in [0.4, 0.5) is 5.69 Å². The summed E-state index contributed by atoms with van der Waals surface area (Å²) in [5, 5.41) is 7.24. The van der Waals surface area contributed by atoms with Gasteiger partial charge in [0.1, 0.15) is 5.75 Å². The number of ether oxygens (including phenoxy) is 1. The van der Waals surface area contributed by atoms with Gasteiger partial charge in [0.25, 0.3) is 0 Å². The molecule has 4 nitrogen and oxygen atoms in total. The van der Waals surface area contributed by atoms with Gasteiger partial charge in [-0.3, -0.25) is 5.01 Å². The Morgan fingerprint density at radius 3 is 2.62 bits per heavy atom. The molecule has 29 heavy (non-hydrogen) atoms. The molecule has 2 aliphatic heterocycles. The first-order valence-electron chi connectivity index (χ1n) is 11.3. The molecule has 2 heterocycles. The third-order valence-corrected chi connectivity index (χ3v) is 6.58. The maximum absolute atomic E-state index is 5.96. The molecule has 1 fully saturated rings. The number of fused-ring (bicyclic) bond motifs is 3. The van der Waals surface area contributed by atoms with Crippen LogP contribution in [0.1, 0.15) is 43.2 Å². The molecule has 5 rings (SSSR count). The molecule has 3 aliphatic rings. The van der Waals surface area contributed by atoms with Crippen molar-refractivity contribution in [2.45, 2.75) is 38.5 Å². The summed E-state index contributed by atoms with van der Waals surface area (Å²) in [7, 11) is 0. The highest BCUT2D eigenvalue weighted by molar-refractivity contribution is 6.05. The van der Waals surface area contributed by atoms with E-state index in [1.54, 1.807) is 0 Å². The van der Waals surface area contributed by atoms with Crippen LogP contribution in [0.25, 0.3) is 0 Å². The van der Waals surface area contributed by atoms with Crippen molar-refractivity contribution in [2.24, 2.45) is 11.0 Å². The van der Waals surface area contributed by atoms with Crippen molar-refractivity contribution in [2.75, 3.05) is 37.8 Å². The van der Waals surface area contributed by atoms with E-state index in [0.717, 1.165) is 37.6 Å². The van der Waals surface area contributed by atoms with E-state index >= 15 is 0 Å². The van der Waals surface area contributed by atoms with Crippen LogP contribution >= 0.6 is 0 Å². The number of benzene rings is 2. The van der Waals surface area contributed by atoms with Crippen LogP contribution < -0.4 is 9.75 Å². The molecule has 1 unspecified atom stereocenters. The number of aryl methyl sites for hydroxylation is 1. The predicted molar refractivity (Wildman–Crippen MR) is 119 cm³/mol. The van der Waals surface area contributed by atoms with Gasteiger partial charge in [-0.1, -0.05) is 24.3 Å². The minimum atomic E-state index is 0.611. The minimum Gasteiger partial charge on any atom is -0.494 e. The molecule has 0 aromatic heterocycles. The lowest BCUT2D eigenvalue weighted by Gasteiger charge is -2.34. The van der Waals surface area contributed by atoms with Gasteiger partial charge >= 0.3 is 0 Å². The maximum atomic E-state index is 5.96. The quantitative estimate of drug-likeness (QED) is 0.669. The molecule has 4 heteroatoms. The van der Waals surface area contributed by atoms with Crippen LogP contribution in [0.15, 0.2) is 53.6 Å². The average molecular weight is 390 g/mol. The Morgan fingerprint density at radius 2 is 1.76 bits per heavy atom. The monoisotopic (exact) mass is 389 g/mol. The van der Waals surface area contributed by atoms with Crippen LogP contribution in [0, 0.1) is 5.92 Å².